The first-order valence-corrected chi connectivity index (χ1v) is 12.9. The smallest absolute Gasteiger partial charge is 0.171 e. The number of hydrogen-bond donors (Lipinski definition) is 1. The van der Waals surface area contributed by atoms with Crippen LogP contribution in [0.3, 0.4) is 0 Å². The maximum absolute atomic E-state index is 13.1. The van der Waals surface area contributed by atoms with Crippen molar-refractivity contribution in [3.63, 3.8) is 0 Å². The second-order valence-corrected chi connectivity index (χ2v) is 11.9. The molecule has 4 aliphatic carbocycles. The maximum Gasteiger partial charge on any atom is 0.171 e. The van der Waals surface area contributed by atoms with Crippen molar-refractivity contribution in [3.05, 3.63) is 44.5 Å². The largest absolute Gasteiger partial charge is 0.385 e. The third-order valence-electron chi connectivity index (χ3n) is 9.21. The van der Waals surface area contributed by atoms with Gasteiger partial charge in [0.25, 0.3) is 0 Å². The highest BCUT2D eigenvalue weighted by molar-refractivity contribution is 14.1. The van der Waals surface area contributed by atoms with Crippen molar-refractivity contribution in [1.82, 2.24) is 0 Å². The number of benzene rings is 1. The SMILES string of the molecule is C[C@]12C[C@H](c3ccc(I)cc3)C3=C4CCC5(C[C@]4(O)CCC3C1CCC2=O)OCCO5. The van der Waals surface area contributed by atoms with Gasteiger partial charge >= 0.3 is 0 Å². The fourth-order valence-electron chi connectivity index (χ4n) is 7.78. The van der Waals surface area contributed by atoms with Crippen LogP contribution in [0.25, 0.3) is 0 Å². The van der Waals surface area contributed by atoms with Crippen LogP contribution in [0.2, 0.25) is 0 Å². The molecule has 0 radical (unpaired) electrons. The van der Waals surface area contributed by atoms with Gasteiger partial charge in [0.1, 0.15) is 5.78 Å². The second-order valence-electron chi connectivity index (χ2n) is 10.7. The summed E-state index contributed by atoms with van der Waals surface area (Å²) >= 11 is 2.35. The quantitative estimate of drug-likeness (QED) is 0.401. The Hall–Kier alpha value is -0.760. The monoisotopic (exact) mass is 534 g/mol. The molecule has 1 aromatic carbocycles. The Balaban J connectivity index is 1.48. The first kappa shape index (κ1) is 20.8. The molecule has 1 aromatic rings. The summed E-state index contributed by atoms with van der Waals surface area (Å²) in [4.78, 5) is 13.1. The summed E-state index contributed by atoms with van der Waals surface area (Å²) in [6.07, 6.45) is 6.51. The van der Waals surface area contributed by atoms with Crippen molar-refractivity contribution in [2.24, 2.45) is 17.3 Å². The number of halogens is 1. The number of carbonyl (C=O) groups excluding carboxylic acids is 1. The van der Waals surface area contributed by atoms with E-state index in [2.05, 4.69) is 53.8 Å². The molecule has 3 saturated carbocycles. The average Bonchev–Trinajstić information content (AvgIpc) is 3.31. The molecule has 1 spiro atoms. The summed E-state index contributed by atoms with van der Waals surface area (Å²) in [5.74, 6) is 0.891. The summed E-state index contributed by atoms with van der Waals surface area (Å²) in [6.45, 7) is 3.47. The van der Waals surface area contributed by atoms with E-state index in [1.807, 2.05) is 0 Å². The first-order chi connectivity index (χ1) is 14.8. The minimum Gasteiger partial charge on any atom is -0.385 e. The standard InChI is InChI=1S/C26H31IO4/c1-24-14-19(16-2-4-17(27)5-3-16)23-18(20(24)6-7-22(24)28)8-10-25(29)15-26(11-9-21(23)25)30-12-13-31-26/h2-5,18-20,29H,6-15H2,1H3/t18?,19-,20?,24+,25-/m1/s1. The Bertz CT molecular complexity index is 947. The number of aliphatic hydroxyl groups is 1. The Morgan fingerprint density at radius 1 is 1.06 bits per heavy atom. The summed E-state index contributed by atoms with van der Waals surface area (Å²) in [6, 6.07) is 8.82. The van der Waals surface area contributed by atoms with Crippen LogP contribution in [0.5, 0.6) is 0 Å². The fraction of sp³-hybridized carbons (Fsp3) is 0.654. The van der Waals surface area contributed by atoms with Crippen LogP contribution in [-0.4, -0.2) is 35.5 Å². The van der Waals surface area contributed by atoms with E-state index in [4.69, 9.17) is 9.47 Å². The van der Waals surface area contributed by atoms with Crippen LogP contribution in [0, 0.1) is 20.8 Å². The molecule has 5 atom stereocenters. The molecular formula is C26H31IO4. The number of Topliss-reactive ketones (excluding diaryl/α,β-unsaturated/α-hetero) is 1. The van der Waals surface area contributed by atoms with Crippen molar-refractivity contribution in [2.45, 2.75) is 75.6 Å². The number of rotatable bonds is 1. The summed E-state index contributed by atoms with van der Waals surface area (Å²) < 4.78 is 13.2. The zero-order chi connectivity index (χ0) is 21.4. The number of carbonyl (C=O) groups is 1. The van der Waals surface area contributed by atoms with Gasteiger partial charge in [-0.3, -0.25) is 4.79 Å². The molecule has 0 amide bonds. The van der Waals surface area contributed by atoms with Crippen LogP contribution in [-0.2, 0) is 14.3 Å². The van der Waals surface area contributed by atoms with Crippen LogP contribution >= 0.6 is 22.6 Å². The lowest BCUT2D eigenvalue weighted by molar-refractivity contribution is -0.208. The van der Waals surface area contributed by atoms with E-state index >= 15 is 0 Å². The Labute approximate surface area is 197 Å². The summed E-state index contributed by atoms with van der Waals surface area (Å²) in [7, 11) is 0. The molecule has 1 aliphatic heterocycles. The number of allylic oxidation sites excluding steroid dienone is 1. The van der Waals surface area contributed by atoms with Gasteiger partial charge in [-0.25, -0.2) is 0 Å². The number of ketones is 1. The predicted molar refractivity (Wildman–Crippen MR) is 126 cm³/mol. The number of fused-ring (bicyclic) bond motifs is 4. The molecule has 5 heteroatoms. The van der Waals surface area contributed by atoms with Crippen LogP contribution in [0.1, 0.15) is 69.8 Å². The van der Waals surface area contributed by atoms with Gasteiger partial charge in [-0.2, -0.15) is 0 Å². The summed E-state index contributed by atoms with van der Waals surface area (Å²) in [5, 5.41) is 11.9. The molecule has 1 saturated heterocycles. The molecule has 4 fully saturated rings. The van der Waals surface area contributed by atoms with Gasteiger partial charge in [-0.1, -0.05) is 24.6 Å². The minimum atomic E-state index is -0.841. The Morgan fingerprint density at radius 2 is 1.81 bits per heavy atom. The lowest BCUT2D eigenvalue weighted by atomic mass is 9.51. The predicted octanol–water partition coefficient (Wildman–Crippen LogP) is 5.13. The molecule has 6 rings (SSSR count). The Morgan fingerprint density at radius 3 is 2.55 bits per heavy atom. The third-order valence-corrected chi connectivity index (χ3v) is 9.93. The zero-order valence-corrected chi connectivity index (χ0v) is 20.3. The van der Waals surface area contributed by atoms with Crippen molar-refractivity contribution in [1.29, 1.82) is 0 Å². The normalized spacial score (nSPS) is 41.3. The van der Waals surface area contributed by atoms with Crippen LogP contribution in [0.15, 0.2) is 35.4 Å². The molecule has 1 N–H and O–H groups in total. The van der Waals surface area contributed by atoms with Gasteiger partial charge in [0.2, 0.25) is 0 Å². The van der Waals surface area contributed by atoms with Crippen molar-refractivity contribution in [3.8, 4) is 0 Å². The number of hydrogen-bond acceptors (Lipinski definition) is 4. The van der Waals surface area contributed by atoms with E-state index in [9.17, 15) is 9.90 Å². The van der Waals surface area contributed by atoms with Gasteiger partial charge in [0, 0.05) is 34.2 Å². The molecular weight excluding hydrogens is 503 g/mol. The second kappa shape index (κ2) is 7.12. The van der Waals surface area contributed by atoms with E-state index in [1.165, 1.54) is 20.3 Å². The molecule has 0 aromatic heterocycles. The van der Waals surface area contributed by atoms with Gasteiger partial charge < -0.3 is 14.6 Å². The van der Waals surface area contributed by atoms with Gasteiger partial charge in [-0.15, -0.1) is 0 Å². The minimum absolute atomic E-state index is 0.214. The van der Waals surface area contributed by atoms with E-state index in [1.54, 1.807) is 0 Å². The van der Waals surface area contributed by atoms with Crippen LogP contribution in [0.4, 0.5) is 0 Å². The first-order valence-electron chi connectivity index (χ1n) is 11.9. The van der Waals surface area contributed by atoms with Gasteiger partial charge in [0.05, 0.1) is 18.8 Å². The molecule has 1 heterocycles. The van der Waals surface area contributed by atoms with Gasteiger partial charge in [0.15, 0.2) is 5.79 Å². The lowest BCUT2D eigenvalue weighted by Crippen LogP contribution is -2.53. The highest BCUT2D eigenvalue weighted by Gasteiger charge is 2.60. The van der Waals surface area contributed by atoms with E-state index in [0.29, 0.717) is 37.3 Å². The Kier molecular flexibility index (Phi) is 4.78. The molecule has 2 unspecified atom stereocenters. The molecule has 31 heavy (non-hydrogen) atoms. The maximum atomic E-state index is 13.1. The number of ether oxygens (including phenoxy) is 2. The van der Waals surface area contributed by atoms with Gasteiger partial charge in [-0.05, 0) is 89.8 Å². The highest BCUT2D eigenvalue weighted by atomic mass is 127. The zero-order valence-electron chi connectivity index (χ0n) is 18.2. The van der Waals surface area contributed by atoms with E-state index < -0.39 is 11.4 Å². The molecule has 0 bridgehead atoms. The van der Waals surface area contributed by atoms with E-state index in [-0.39, 0.29) is 11.3 Å². The van der Waals surface area contributed by atoms with Crippen molar-refractivity contribution >= 4 is 28.4 Å². The van der Waals surface area contributed by atoms with Crippen molar-refractivity contribution in [2.75, 3.05) is 13.2 Å². The average molecular weight is 534 g/mol. The molecule has 166 valence electrons. The van der Waals surface area contributed by atoms with E-state index in [0.717, 1.165) is 44.9 Å². The van der Waals surface area contributed by atoms with Crippen LogP contribution < -0.4 is 0 Å². The summed E-state index contributed by atoms with van der Waals surface area (Å²) in [5.41, 5.74) is 2.93. The highest BCUT2D eigenvalue weighted by Crippen LogP contribution is 2.64. The lowest BCUT2D eigenvalue weighted by Gasteiger charge is -2.55. The van der Waals surface area contributed by atoms with Crippen molar-refractivity contribution < 1.29 is 19.4 Å². The fourth-order valence-corrected chi connectivity index (χ4v) is 8.14. The molecule has 5 aliphatic rings. The topological polar surface area (TPSA) is 55.8 Å². The third kappa shape index (κ3) is 3.06. The molecule has 4 nitrogen and oxygen atoms in total.